The molecule has 0 saturated carbocycles. The molecule has 0 aliphatic rings. The van der Waals surface area contributed by atoms with Gasteiger partial charge < -0.3 is 14.8 Å². The third kappa shape index (κ3) is 5.17. The van der Waals surface area contributed by atoms with Crippen LogP contribution in [0.1, 0.15) is 18.5 Å². The fourth-order valence-electron chi connectivity index (χ4n) is 1.80. The highest BCUT2D eigenvalue weighted by molar-refractivity contribution is 7.99. The summed E-state index contributed by atoms with van der Waals surface area (Å²) in [7, 11) is 3.35. The molecule has 19 heavy (non-hydrogen) atoms. The van der Waals surface area contributed by atoms with Crippen molar-refractivity contribution in [1.29, 1.82) is 0 Å². The smallest absolute Gasteiger partial charge is 0.127 e. The molecule has 4 heteroatoms. The Kier molecular flexibility index (Phi) is 7.45. The molecule has 0 bridgehead atoms. The second-order valence-electron chi connectivity index (χ2n) is 4.15. The van der Waals surface area contributed by atoms with Crippen LogP contribution in [0.4, 0.5) is 0 Å². The van der Waals surface area contributed by atoms with Crippen LogP contribution in [-0.4, -0.2) is 32.3 Å². The largest absolute Gasteiger partial charge is 0.497 e. The van der Waals surface area contributed by atoms with E-state index in [2.05, 4.69) is 18.8 Å². The molecule has 1 rings (SSSR count). The van der Waals surface area contributed by atoms with Crippen LogP contribution in [0.5, 0.6) is 11.5 Å². The summed E-state index contributed by atoms with van der Waals surface area (Å²) in [5, 5.41) is 3.49. The number of hydrogen-bond donors (Lipinski definition) is 1. The van der Waals surface area contributed by atoms with Crippen molar-refractivity contribution in [2.24, 2.45) is 0 Å². The minimum Gasteiger partial charge on any atom is -0.497 e. The second-order valence-corrected chi connectivity index (χ2v) is 5.30. The molecule has 0 aromatic heterocycles. The molecule has 1 aromatic rings. The van der Waals surface area contributed by atoms with Crippen LogP contribution in [0.15, 0.2) is 30.9 Å². The first kappa shape index (κ1) is 15.9. The first-order valence-electron chi connectivity index (χ1n) is 6.36. The van der Waals surface area contributed by atoms with E-state index >= 15 is 0 Å². The Morgan fingerprint density at radius 3 is 2.79 bits per heavy atom. The average molecular weight is 281 g/mol. The van der Waals surface area contributed by atoms with Gasteiger partial charge in [-0.1, -0.05) is 12.1 Å². The standard InChI is InChI=1S/C15H23NO2S/c1-5-9-19-10-8-16-12(2)14-7-6-13(17-3)11-15(14)18-4/h5-7,11-12,16H,1,8-10H2,2-4H3. The van der Waals surface area contributed by atoms with Crippen molar-refractivity contribution in [2.45, 2.75) is 13.0 Å². The summed E-state index contributed by atoms with van der Waals surface area (Å²) in [6, 6.07) is 6.18. The molecule has 106 valence electrons. The maximum absolute atomic E-state index is 5.42. The first-order valence-corrected chi connectivity index (χ1v) is 7.52. The summed E-state index contributed by atoms with van der Waals surface area (Å²) in [5.74, 6) is 3.75. The third-order valence-corrected chi connectivity index (χ3v) is 3.80. The molecule has 0 aliphatic carbocycles. The summed E-state index contributed by atoms with van der Waals surface area (Å²) < 4.78 is 10.6. The molecule has 0 saturated heterocycles. The van der Waals surface area contributed by atoms with Gasteiger partial charge in [0.05, 0.1) is 14.2 Å². The van der Waals surface area contributed by atoms with Crippen molar-refractivity contribution in [1.82, 2.24) is 5.32 Å². The average Bonchev–Trinajstić information content (AvgIpc) is 2.46. The molecule has 1 unspecified atom stereocenters. The van der Waals surface area contributed by atoms with E-state index in [0.29, 0.717) is 0 Å². The predicted octanol–water partition coefficient (Wildman–Crippen LogP) is 3.27. The van der Waals surface area contributed by atoms with Crippen molar-refractivity contribution >= 4 is 11.8 Å². The van der Waals surface area contributed by atoms with Crippen LogP contribution in [0.25, 0.3) is 0 Å². The van der Waals surface area contributed by atoms with Gasteiger partial charge in [0.2, 0.25) is 0 Å². The maximum Gasteiger partial charge on any atom is 0.127 e. The predicted molar refractivity (Wildman–Crippen MR) is 83.5 cm³/mol. The van der Waals surface area contributed by atoms with Crippen molar-refractivity contribution in [3.8, 4) is 11.5 Å². The zero-order chi connectivity index (χ0) is 14.1. The van der Waals surface area contributed by atoms with E-state index in [-0.39, 0.29) is 6.04 Å². The van der Waals surface area contributed by atoms with Gasteiger partial charge in [0.1, 0.15) is 11.5 Å². The Hall–Kier alpha value is -1.13. The second kappa shape index (κ2) is 8.88. The number of nitrogens with one attached hydrogen (secondary N) is 1. The Morgan fingerprint density at radius 2 is 2.16 bits per heavy atom. The molecule has 0 spiro atoms. The number of rotatable bonds is 9. The zero-order valence-electron chi connectivity index (χ0n) is 11.9. The minimum absolute atomic E-state index is 0.255. The number of benzene rings is 1. The molecule has 0 amide bonds. The van der Waals surface area contributed by atoms with E-state index < -0.39 is 0 Å². The van der Waals surface area contributed by atoms with Crippen LogP contribution in [0.2, 0.25) is 0 Å². The summed E-state index contributed by atoms with van der Waals surface area (Å²) in [6.07, 6.45) is 1.93. The molecule has 1 N–H and O–H groups in total. The van der Waals surface area contributed by atoms with Gasteiger partial charge in [-0.3, -0.25) is 0 Å². The lowest BCUT2D eigenvalue weighted by atomic mass is 10.1. The Labute approximate surface area is 120 Å². The van der Waals surface area contributed by atoms with Crippen LogP contribution in [-0.2, 0) is 0 Å². The lowest BCUT2D eigenvalue weighted by molar-refractivity contribution is 0.386. The van der Waals surface area contributed by atoms with Gasteiger partial charge >= 0.3 is 0 Å². The highest BCUT2D eigenvalue weighted by Gasteiger charge is 2.11. The molecule has 0 fully saturated rings. The molecule has 3 nitrogen and oxygen atoms in total. The fourth-order valence-corrected chi connectivity index (χ4v) is 2.40. The fraction of sp³-hybridized carbons (Fsp3) is 0.467. The van der Waals surface area contributed by atoms with Crippen LogP contribution in [0.3, 0.4) is 0 Å². The Balaban J connectivity index is 2.55. The van der Waals surface area contributed by atoms with Crippen molar-refractivity contribution in [3.05, 3.63) is 36.4 Å². The van der Waals surface area contributed by atoms with E-state index in [4.69, 9.17) is 9.47 Å². The SMILES string of the molecule is C=CCSCCNC(C)c1ccc(OC)cc1OC. The molecule has 0 heterocycles. The first-order chi connectivity index (χ1) is 9.22. The number of methoxy groups -OCH3 is 2. The topological polar surface area (TPSA) is 30.5 Å². The highest BCUT2D eigenvalue weighted by atomic mass is 32.2. The van der Waals surface area contributed by atoms with Gasteiger partial charge in [-0.2, -0.15) is 11.8 Å². The Bertz CT molecular complexity index is 396. The highest BCUT2D eigenvalue weighted by Crippen LogP contribution is 2.29. The van der Waals surface area contributed by atoms with Crippen molar-refractivity contribution < 1.29 is 9.47 Å². The van der Waals surface area contributed by atoms with Gasteiger partial charge in [-0.25, -0.2) is 0 Å². The maximum atomic E-state index is 5.42. The van der Waals surface area contributed by atoms with Crippen LogP contribution < -0.4 is 14.8 Å². The molecule has 0 radical (unpaired) electrons. The van der Waals surface area contributed by atoms with E-state index in [9.17, 15) is 0 Å². The van der Waals surface area contributed by atoms with E-state index in [1.54, 1.807) is 14.2 Å². The monoisotopic (exact) mass is 281 g/mol. The van der Waals surface area contributed by atoms with Crippen molar-refractivity contribution in [2.75, 3.05) is 32.3 Å². The summed E-state index contributed by atoms with van der Waals surface area (Å²) in [4.78, 5) is 0. The van der Waals surface area contributed by atoms with Gasteiger partial charge in [0, 0.05) is 35.7 Å². The van der Waals surface area contributed by atoms with Gasteiger partial charge in [0.15, 0.2) is 0 Å². The summed E-state index contributed by atoms with van der Waals surface area (Å²) >= 11 is 1.87. The number of ether oxygens (including phenoxy) is 2. The summed E-state index contributed by atoms with van der Waals surface area (Å²) in [6.45, 7) is 6.82. The lowest BCUT2D eigenvalue weighted by Crippen LogP contribution is -2.21. The van der Waals surface area contributed by atoms with Gasteiger partial charge in [0.25, 0.3) is 0 Å². The minimum atomic E-state index is 0.255. The summed E-state index contributed by atoms with van der Waals surface area (Å²) in [5.41, 5.74) is 1.15. The van der Waals surface area contributed by atoms with E-state index in [1.807, 2.05) is 36.0 Å². The van der Waals surface area contributed by atoms with Crippen molar-refractivity contribution in [3.63, 3.8) is 0 Å². The zero-order valence-corrected chi connectivity index (χ0v) is 12.8. The van der Waals surface area contributed by atoms with Crippen LogP contribution >= 0.6 is 11.8 Å². The molecule has 0 aliphatic heterocycles. The van der Waals surface area contributed by atoms with Crippen LogP contribution in [0, 0.1) is 0 Å². The third-order valence-electron chi connectivity index (χ3n) is 2.84. The van der Waals surface area contributed by atoms with E-state index in [0.717, 1.165) is 35.1 Å². The van der Waals surface area contributed by atoms with E-state index in [1.165, 1.54) is 0 Å². The lowest BCUT2D eigenvalue weighted by Gasteiger charge is -2.18. The molecular weight excluding hydrogens is 258 g/mol. The molecule has 1 aromatic carbocycles. The number of hydrogen-bond acceptors (Lipinski definition) is 4. The Morgan fingerprint density at radius 1 is 1.37 bits per heavy atom. The quantitative estimate of drug-likeness (QED) is 0.556. The van der Waals surface area contributed by atoms with Gasteiger partial charge in [-0.05, 0) is 13.0 Å². The van der Waals surface area contributed by atoms with Gasteiger partial charge in [-0.15, -0.1) is 6.58 Å². The molecule has 1 atom stereocenters. The normalized spacial score (nSPS) is 11.9. The number of thioether (sulfide) groups is 1. The molecular formula is C15H23NO2S.